The van der Waals surface area contributed by atoms with E-state index in [1.54, 1.807) is 0 Å². The van der Waals surface area contributed by atoms with Gasteiger partial charge in [-0.05, 0) is 38.5 Å². The van der Waals surface area contributed by atoms with Crippen LogP contribution >= 0.6 is 0 Å². The predicted molar refractivity (Wildman–Crippen MR) is 62.0 cm³/mol. The van der Waals surface area contributed by atoms with Crippen molar-refractivity contribution < 1.29 is 14.7 Å². The molecule has 0 bridgehead atoms. The molecule has 0 aromatic carbocycles. The van der Waals surface area contributed by atoms with E-state index in [-0.39, 0.29) is 5.41 Å². The minimum atomic E-state index is -1.48. The summed E-state index contributed by atoms with van der Waals surface area (Å²) in [6.45, 7) is 7.15. The van der Waals surface area contributed by atoms with Gasteiger partial charge in [0.2, 0.25) is 0 Å². The number of aliphatic hydroxyl groups is 1. The standard InChI is InChI=1S/C13H20O3/c1-8-6-5-7-13(3,4)10(8)12(16)11(15)9(2)14/h11,15H,5-7H2,1-4H3. The summed E-state index contributed by atoms with van der Waals surface area (Å²) < 4.78 is 0. The van der Waals surface area contributed by atoms with E-state index in [2.05, 4.69) is 0 Å². The molecule has 3 heteroatoms. The Kier molecular flexibility index (Phi) is 3.68. The molecule has 0 spiro atoms. The third-order valence-electron chi connectivity index (χ3n) is 3.34. The van der Waals surface area contributed by atoms with Gasteiger partial charge in [0.25, 0.3) is 0 Å². The Morgan fingerprint density at radius 2 is 1.94 bits per heavy atom. The summed E-state index contributed by atoms with van der Waals surface area (Å²) in [7, 11) is 0. The van der Waals surface area contributed by atoms with Gasteiger partial charge in [0, 0.05) is 5.57 Å². The van der Waals surface area contributed by atoms with Crippen molar-refractivity contribution in [3.63, 3.8) is 0 Å². The molecule has 0 fully saturated rings. The van der Waals surface area contributed by atoms with Gasteiger partial charge in [0.05, 0.1) is 0 Å². The van der Waals surface area contributed by atoms with Crippen molar-refractivity contribution in [3.8, 4) is 0 Å². The zero-order valence-corrected chi connectivity index (χ0v) is 10.5. The topological polar surface area (TPSA) is 54.4 Å². The van der Waals surface area contributed by atoms with Crippen LogP contribution in [0.5, 0.6) is 0 Å². The molecule has 1 unspecified atom stereocenters. The fourth-order valence-electron chi connectivity index (χ4n) is 2.49. The molecule has 90 valence electrons. The van der Waals surface area contributed by atoms with Gasteiger partial charge in [-0.3, -0.25) is 9.59 Å². The lowest BCUT2D eigenvalue weighted by atomic mass is 9.70. The van der Waals surface area contributed by atoms with Crippen LogP contribution in [0.1, 0.15) is 47.0 Å². The maximum Gasteiger partial charge on any atom is 0.195 e. The van der Waals surface area contributed by atoms with Crippen LogP contribution in [0.4, 0.5) is 0 Å². The van der Waals surface area contributed by atoms with Crippen molar-refractivity contribution in [1.82, 2.24) is 0 Å². The Balaban J connectivity index is 3.09. The van der Waals surface area contributed by atoms with Gasteiger partial charge in [-0.2, -0.15) is 0 Å². The number of allylic oxidation sites excluding steroid dienone is 1. The Morgan fingerprint density at radius 3 is 2.38 bits per heavy atom. The molecule has 16 heavy (non-hydrogen) atoms. The lowest BCUT2D eigenvalue weighted by Crippen LogP contribution is -2.36. The molecule has 1 N–H and O–H groups in total. The van der Waals surface area contributed by atoms with Crippen molar-refractivity contribution in [1.29, 1.82) is 0 Å². The van der Waals surface area contributed by atoms with Crippen molar-refractivity contribution >= 4 is 11.6 Å². The normalized spacial score (nSPS) is 21.8. The van der Waals surface area contributed by atoms with Crippen molar-refractivity contribution in [2.75, 3.05) is 0 Å². The van der Waals surface area contributed by atoms with Gasteiger partial charge in [-0.1, -0.05) is 19.4 Å². The summed E-state index contributed by atoms with van der Waals surface area (Å²) in [6, 6.07) is 0. The van der Waals surface area contributed by atoms with Crippen LogP contribution in [-0.4, -0.2) is 22.8 Å². The summed E-state index contributed by atoms with van der Waals surface area (Å²) in [5.74, 6) is -0.888. The molecule has 0 radical (unpaired) electrons. The number of Topliss-reactive ketones (excluding diaryl/α,β-unsaturated/α-hetero) is 2. The van der Waals surface area contributed by atoms with Crippen molar-refractivity contribution in [2.24, 2.45) is 5.41 Å². The highest BCUT2D eigenvalue weighted by molar-refractivity contribution is 6.12. The van der Waals surface area contributed by atoms with Crippen LogP contribution in [0.2, 0.25) is 0 Å². The van der Waals surface area contributed by atoms with E-state index < -0.39 is 17.7 Å². The Morgan fingerprint density at radius 1 is 1.38 bits per heavy atom. The van der Waals surface area contributed by atoms with Gasteiger partial charge in [0.1, 0.15) is 0 Å². The number of hydrogen-bond acceptors (Lipinski definition) is 3. The lowest BCUT2D eigenvalue weighted by molar-refractivity contribution is -0.135. The Hall–Kier alpha value is -0.960. The van der Waals surface area contributed by atoms with Gasteiger partial charge >= 0.3 is 0 Å². The molecule has 0 aromatic heterocycles. The highest BCUT2D eigenvalue weighted by atomic mass is 16.3. The number of carbonyl (C=O) groups excluding carboxylic acids is 2. The molecule has 1 rings (SSSR count). The van der Waals surface area contributed by atoms with Gasteiger partial charge < -0.3 is 5.11 Å². The van der Waals surface area contributed by atoms with E-state index in [1.165, 1.54) is 6.92 Å². The first-order chi connectivity index (χ1) is 7.27. The summed E-state index contributed by atoms with van der Waals surface area (Å²) in [5.41, 5.74) is 1.44. The van der Waals surface area contributed by atoms with Crippen molar-refractivity contribution in [2.45, 2.75) is 53.1 Å². The quantitative estimate of drug-likeness (QED) is 0.746. The van der Waals surface area contributed by atoms with Crippen LogP contribution in [0.15, 0.2) is 11.1 Å². The fourth-order valence-corrected chi connectivity index (χ4v) is 2.49. The van der Waals surface area contributed by atoms with Gasteiger partial charge in [-0.15, -0.1) is 0 Å². The minimum Gasteiger partial charge on any atom is -0.377 e. The predicted octanol–water partition coefficient (Wildman–Crippen LogP) is 2.03. The summed E-state index contributed by atoms with van der Waals surface area (Å²) >= 11 is 0. The molecule has 0 amide bonds. The monoisotopic (exact) mass is 224 g/mol. The van der Waals surface area contributed by atoms with E-state index >= 15 is 0 Å². The van der Waals surface area contributed by atoms with E-state index in [4.69, 9.17) is 0 Å². The Labute approximate surface area is 96.5 Å². The molecule has 1 aliphatic rings. The van der Waals surface area contributed by atoms with Crippen LogP contribution in [-0.2, 0) is 9.59 Å². The first-order valence-corrected chi connectivity index (χ1v) is 5.70. The second kappa shape index (κ2) is 4.50. The van der Waals surface area contributed by atoms with Crippen LogP contribution in [0, 0.1) is 5.41 Å². The molecular weight excluding hydrogens is 204 g/mol. The molecule has 3 nitrogen and oxygen atoms in total. The summed E-state index contributed by atoms with van der Waals surface area (Å²) in [5, 5.41) is 9.56. The summed E-state index contributed by atoms with van der Waals surface area (Å²) in [4.78, 5) is 23.1. The zero-order chi connectivity index (χ0) is 12.5. The summed E-state index contributed by atoms with van der Waals surface area (Å²) in [6.07, 6.45) is 1.39. The van der Waals surface area contributed by atoms with E-state index in [0.29, 0.717) is 5.57 Å². The molecule has 0 aliphatic heterocycles. The van der Waals surface area contributed by atoms with Crippen LogP contribution in [0.25, 0.3) is 0 Å². The second-order valence-corrected chi connectivity index (χ2v) is 5.27. The third kappa shape index (κ3) is 2.40. The largest absolute Gasteiger partial charge is 0.377 e. The maximum absolute atomic E-state index is 12.0. The highest BCUT2D eigenvalue weighted by Gasteiger charge is 2.36. The molecule has 0 aromatic rings. The number of hydrogen-bond donors (Lipinski definition) is 1. The van der Waals surface area contributed by atoms with E-state index in [9.17, 15) is 14.7 Å². The van der Waals surface area contributed by atoms with E-state index in [1.807, 2.05) is 20.8 Å². The van der Waals surface area contributed by atoms with Gasteiger partial charge in [0.15, 0.2) is 17.7 Å². The first kappa shape index (κ1) is 13.1. The van der Waals surface area contributed by atoms with Crippen LogP contribution < -0.4 is 0 Å². The fraction of sp³-hybridized carbons (Fsp3) is 0.692. The average Bonchev–Trinajstić information content (AvgIpc) is 2.14. The van der Waals surface area contributed by atoms with Crippen molar-refractivity contribution in [3.05, 3.63) is 11.1 Å². The molecular formula is C13H20O3. The van der Waals surface area contributed by atoms with Gasteiger partial charge in [-0.25, -0.2) is 0 Å². The SMILES string of the molecule is CC(=O)C(O)C(=O)C1=C(C)CCCC1(C)C. The number of ketones is 2. The number of aliphatic hydroxyl groups excluding tert-OH is 1. The lowest BCUT2D eigenvalue weighted by Gasteiger charge is -2.34. The van der Waals surface area contributed by atoms with E-state index in [0.717, 1.165) is 24.8 Å². The second-order valence-electron chi connectivity index (χ2n) is 5.27. The number of carbonyl (C=O) groups is 2. The zero-order valence-electron chi connectivity index (χ0n) is 10.5. The first-order valence-electron chi connectivity index (χ1n) is 5.70. The molecule has 0 saturated carbocycles. The minimum absolute atomic E-state index is 0.226. The molecule has 1 aliphatic carbocycles. The van der Waals surface area contributed by atoms with Crippen LogP contribution in [0.3, 0.4) is 0 Å². The Bertz CT molecular complexity index is 350. The molecule has 1 atom stereocenters. The smallest absolute Gasteiger partial charge is 0.195 e. The molecule has 0 saturated heterocycles. The number of rotatable bonds is 3. The molecule has 0 heterocycles. The maximum atomic E-state index is 12.0. The average molecular weight is 224 g/mol. The third-order valence-corrected chi connectivity index (χ3v) is 3.34. The highest BCUT2D eigenvalue weighted by Crippen LogP contribution is 2.40.